The van der Waals surface area contributed by atoms with Crippen LogP contribution in [0.4, 0.5) is 4.79 Å². The molecule has 2 bridgehead atoms. The molecular weight excluding hydrogens is 246 g/mol. The highest BCUT2D eigenvalue weighted by atomic mass is 16.4. The molecule has 1 unspecified atom stereocenters. The molecule has 3 rings (SSSR count). The van der Waals surface area contributed by atoms with Crippen molar-refractivity contribution in [1.29, 1.82) is 0 Å². The molecular formula is C13H23N3O3. The summed E-state index contributed by atoms with van der Waals surface area (Å²) in [7, 11) is 0. The molecule has 3 fully saturated rings. The number of urea groups is 1. The van der Waals surface area contributed by atoms with Crippen LogP contribution in [-0.4, -0.2) is 54.2 Å². The summed E-state index contributed by atoms with van der Waals surface area (Å²) in [5.41, 5.74) is 0. The predicted octanol–water partition coefficient (Wildman–Crippen LogP) is 0.635. The number of hydrogen-bond donors (Lipinski definition) is 3. The van der Waals surface area contributed by atoms with E-state index in [2.05, 4.69) is 15.5 Å². The van der Waals surface area contributed by atoms with Gasteiger partial charge in [-0.05, 0) is 44.7 Å². The zero-order chi connectivity index (χ0) is 13.7. The monoisotopic (exact) mass is 269 g/mol. The van der Waals surface area contributed by atoms with Crippen molar-refractivity contribution in [2.75, 3.05) is 26.2 Å². The number of carbonyl (C=O) groups excluding carboxylic acids is 1. The number of nitrogens with zero attached hydrogens (tertiary/aromatic N) is 1. The van der Waals surface area contributed by atoms with Crippen LogP contribution < -0.4 is 10.6 Å². The number of aliphatic carboxylic acids is 1. The van der Waals surface area contributed by atoms with Crippen LogP contribution in [-0.2, 0) is 4.79 Å². The number of fused-ring (bicyclic) bond motifs is 3. The lowest BCUT2D eigenvalue weighted by Gasteiger charge is -2.44. The van der Waals surface area contributed by atoms with Gasteiger partial charge < -0.3 is 20.6 Å². The zero-order valence-corrected chi connectivity index (χ0v) is 11.2. The van der Waals surface area contributed by atoms with Crippen molar-refractivity contribution < 1.29 is 14.7 Å². The summed E-state index contributed by atoms with van der Waals surface area (Å²) in [6, 6.07) is 0.163. The number of nitrogens with one attached hydrogen (secondary N) is 2. The van der Waals surface area contributed by atoms with Crippen molar-refractivity contribution in [3.63, 3.8) is 0 Å². The van der Waals surface area contributed by atoms with Crippen LogP contribution in [0.3, 0.4) is 0 Å². The van der Waals surface area contributed by atoms with E-state index in [-0.39, 0.29) is 18.5 Å². The number of carbonyl (C=O) groups is 2. The van der Waals surface area contributed by atoms with Crippen molar-refractivity contribution in [3.8, 4) is 0 Å². The lowest BCUT2D eigenvalue weighted by molar-refractivity contribution is -0.137. The molecule has 3 aliphatic heterocycles. The Morgan fingerprint density at radius 2 is 1.95 bits per heavy atom. The van der Waals surface area contributed by atoms with E-state index in [1.807, 2.05) is 0 Å². The van der Waals surface area contributed by atoms with Crippen molar-refractivity contribution in [2.45, 2.75) is 38.1 Å². The lowest BCUT2D eigenvalue weighted by Crippen LogP contribution is -2.58. The molecule has 0 saturated carbocycles. The molecule has 3 saturated heterocycles. The first-order valence-corrected chi connectivity index (χ1v) is 7.13. The first-order valence-electron chi connectivity index (χ1n) is 7.13. The van der Waals surface area contributed by atoms with E-state index in [0.717, 1.165) is 6.54 Å². The minimum absolute atomic E-state index is 0.117. The maximum atomic E-state index is 11.7. The second-order valence-corrected chi connectivity index (χ2v) is 5.50. The molecule has 108 valence electrons. The van der Waals surface area contributed by atoms with Crippen LogP contribution in [0.2, 0.25) is 0 Å². The smallest absolute Gasteiger partial charge is 0.315 e. The molecule has 19 heavy (non-hydrogen) atoms. The molecule has 0 radical (unpaired) electrons. The summed E-state index contributed by atoms with van der Waals surface area (Å²) in [5.74, 6) is -0.153. The highest BCUT2D eigenvalue weighted by Crippen LogP contribution is 2.27. The molecule has 0 spiro atoms. The molecule has 2 amide bonds. The molecule has 3 N–H and O–H groups in total. The minimum atomic E-state index is -0.781. The van der Waals surface area contributed by atoms with E-state index in [0.29, 0.717) is 25.3 Å². The van der Waals surface area contributed by atoms with Crippen molar-refractivity contribution >= 4 is 12.0 Å². The topological polar surface area (TPSA) is 81.7 Å². The largest absolute Gasteiger partial charge is 0.481 e. The van der Waals surface area contributed by atoms with E-state index in [4.69, 9.17) is 5.11 Å². The van der Waals surface area contributed by atoms with Gasteiger partial charge in [-0.15, -0.1) is 0 Å². The fraction of sp³-hybridized carbons (Fsp3) is 0.846. The second-order valence-electron chi connectivity index (χ2n) is 5.50. The zero-order valence-electron chi connectivity index (χ0n) is 11.2. The van der Waals surface area contributed by atoms with Crippen LogP contribution in [0.1, 0.15) is 32.1 Å². The highest BCUT2D eigenvalue weighted by molar-refractivity contribution is 5.74. The number of carboxylic acid groups (broad SMARTS) is 1. The van der Waals surface area contributed by atoms with Gasteiger partial charge in [0.1, 0.15) is 0 Å². The van der Waals surface area contributed by atoms with Crippen molar-refractivity contribution in [1.82, 2.24) is 15.5 Å². The Bertz CT molecular complexity index is 327. The molecule has 0 aromatic carbocycles. The Morgan fingerprint density at radius 3 is 2.53 bits per heavy atom. The summed E-state index contributed by atoms with van der Waals surface area (Å²) in [5, 5.41) is 14.3. The van der Waals surface area contributed by atoms with Crippen LogP contribution >= 0.6 is 0 Å². The van der Waals surface area contributed by atoms with Gasteiger partial charge in [0.2, 0.25) is 0 Å². The van der Waals surface area contributed by atoms with Gasteiger partial charge >= 0.3 is 12.0 Å². The third-order valence-electron chi connectivity index (χ3n) is 4.08. The maximum absolute atomic E-state index is 11.7. The highest BCUT2D eigenvalue weighted by Gasteiger charge is 2.34. The quantitative estimate of drug-likeness (QED) is 0.618. The molecule has 0 aliphatic carbocycles. The third kappa shape index (κ3) is 4.38. The standard InChI is InChI=1S/C13H23N3O3/c17-12(18)3-1-2-6-14-13(19)15-11-9-16-7-4-10(11)5-8-16/h10-11H,1-9H2,(H,17,18)(H2,14,15,19). The molecule has 0 aromatic heterocycles. The lowest BCUT2D eigenvalue weighted by atomic mass is 9.84. The summed E-state index contributed by atoms with van der Waals surface area (Å²) in [4.78, 5) is 24.5. The fourth-order valence-electron chi connectivity index (χ4n) is 2.95. The van der Waals surface area contributed by atoms with Gasteiger partial charge in [-0.2, -0.15) is 0 Å². The number of carboxylic acids is 1. The normalized spacial score (nSPS) is 28.9. The molecule has 6 heteroatoms. The Labute approximate surface area is 113 Å². The van der Waals surface area contributed by atoms with Crippen LogP contribution in [0.5, 0.6) is 0 Å². The predicted molar refractivity (Wildman–Crippen MR) is 71.0 cm³/mol. The molecule has 6 nitrogen and oxygen atoms in total. The van der Waals surface area contributed by atoms with Gasteiger partial charge in [0, 0.05) is 25.6 Å². The summed E-state index contributed by atoms with van der Waals surface area (Å²) in [6.45, 7) is 3.84. The number of piperidine rings is 3. The third-order valence-corrected chi connectivity index (χ3v) is 4.08. The second kappa shape index (κ2) is 6.75. The van der Waals surface area contributed by atoms with Gasteiger partial charge in [0.05, 0.1) is 0 Å². The average molecular weight is 269 g/mol. The van der Waals surface area contributed by atoms with Gasteiger partial charge in [-0.1, -0.05) is 0 Å². The molecule has 1 atom stereocenters. The fourth-order valence-corrected chi connectivity index (χ4v) is 2.95. The SMILES string of the molecule is O=C(O)CCCCNC(=O)NC1CN2CCC1CC2. The van der Waals surface area contributed by atoms with Gasteiger partial charge in [-0.3, -0.25) is 4.79 Å². The number of amides is 2. The van der Waals surface area contributed by atoms with E-state index >= 15 is 0 Å². The first-order chi connectivity index (χ1) is 9.15. The van der Waals surface area contributed by atoms with E-state index in [1.165, 1.54) is 25.9 Å². The first kappa shape index (κ1) is 14.1. The maximum Gasteiger partial charge on any atom is 0.315 e. The Kier molecular flexibility index (Phi) is 5.01. The van der Waals surface area contributed by atoms with Gasteiger partial charge in [-0.25, -0.2) is 4.79 Å². The minimum Gasteiger partial charge on any atom is -0.481 e. The summed E-state index contributed by atoms with van der Waals surface area (Å²) >= 11 is 0. The number of hydrogen-bond acceptors (Lipinski definition) is 3. The summed E-state index contributed by atoms with van der Waals surface area (Å²) in [6.07, 6.45) is 3.85. The Balaban J connectivity index is 1.58. The molecule has 3 heterocycles. The van der Waals surface area contributed by atoms with Gasteiger partial charge in [0.15, 0.2) is 0 Å². The van der Waals surface area contributed by atoms with E-state index in [1.54, 1.807) is 0 Å². The Morgan fingerprint density at radius 1 is 1.21 bits per heavy atom. The van der Waals surface area contributed by atoms with Crippen LogP contribution in [0.25, 0.3) is 0 Å². The Hall–Kier alpha value is -1.30. The van der Waals surface area contributed by atoms with Crippen LogP contribution in [0.15, 0.2) is 0 Å². The molecule has 3 aliphatic rings. The number of unbranched alkanes of at least 4 members (excludes halogenated alkanes) is 1. The summed E-state index contributed by atoms with van der Waals surface area (Å²) < 4.78 is 0. The number of rotatable bonds is 6. The van der Waals surface area contributed by atoms with Crippen molar-refractivity contribution in [2.24, 2.45) is 5.92 Å². The molecule has 0 aromatic rings. The van der Waals surface area contributed by atoms with Crippen molar-refractivity contribution in [3.05, 3.63) is 0 Å². The van der Waals surface area contributed by atoms with E-state index in [9.17, 15) is 9.59 Å². The average Bonchev–Trinajstić information content (AvgIpc) is 2.39. The van der Waals surface area contributed by atoms with Gasteiger partial charge in [0.25, 0.3) is 0 Å². The van der Waals surface area contributed by atoms with Crippen LogP contribution in [0, 0.1) is 5.92 Å². The van der Waals surface area contributed by atoms with E-state index < -0.39 is 5.97 Å².